The number of piperidine rings is 2. The lowest BCUT2D eigenvalue weighted by Gasteiger charge is -2.54. The summed E-state index contributed by atoms with van der Waals surface area (Å²) >= 11 is 0. The van der Waals surface area contributed by atoms with E-state index in [0.29, 0.717) is 63.6 Å². The Labute approximate surface area is 220 Å². The van der Waals surface area contributed by atoms with Gasteiger partial charge in [0, 0.05) is 39.4 Å². The van der Waals surface area contributed by atoms with Crippen molar-refractivity contribution in [3.63, 3.8) is 0 Å². The largest absolute Gasteiger partial charge is 0.508 e. The molecule has 0 amide bonds. The zero-order valence-electron chi connectivity index (χ0n) is 22.5. The molecule has 2 saturated heterocycles. The number of phenolic OH excluding ortho intramolecular Hbond substituents is 1. The third-order valence-electron chi connectivity index (χ3n) is 8.66. The highest BCUT2D eigenvalue weighted by atomic mass is 16.7. The molecule has 204 valence electrons. The Bertz CT molecular complexity index is 995. The molecular weight excluding hydrogens is 472 g/mol. The van der Waals surface area contributed by atoms with E-state index in [9.17, 15) is 9.90 Å². The molecule has 1 N–H and O–H groups in total. The zero-order valence-corrected chi connectivity index (χ0v) is 22.5. The summed E-state index contributed by atoms with van der Waals surface area (Å²) in [7, 11) is 5.63. The van der Waals surface area contributed by atoms with Gasteiger partial charge in [0.25, 0.3) is 0 Å². The van der Waals surface area contributed by atoms with Crippen LogP contribution in [-0.2, 0) is 23.7 Å². The van der Waals surface area contributed by atoms with Crippen LogP contribution in [0.5, 0.6) is 5.75 Å². The number of hydrogen-bond acceptors (Lipinski definition) is 8. The average molecular weight is 515 g/mol. The second-order valence-corrected chi connectivity index (χ2v) is 11.3. The van der Waals surface area contributed by atoms with Gasteiger partial charge < -0.3 is 29.0 Å². The quantitative estimate of drug-likeness (QED) is 0.259. The first-order valence-electron chi connectivity index (χ1n) is 13.7. The first-order chi connectivity index (χ1) is 18.0. The van der Waals surface area contributed by atoms with Gasteiger partial charge in [-0.15, -0.1) is 0 Å². The highest BCUT2D eigenvalue weighted by Gasteiger charge is 2.53. The molecule has 37 heavy (non-hydrogen) atoms. The third kappa shape index (κ3) is 5.59. The predicted octanol–water partition coefficient (Wildman–Crippen LogP) is 3.11. The van der Waals surface area contributed by atoms with Gasteiger partial charge in [-0.25, -0.2) is 0 Å². The van der Waals surface area contributed by atoms with E-state index in [4.69, 9.17) is 18.9 Å². The summed E-state index contributed by atoms with van der Waals surface area (Å²) in [6.07, 6.45) is 4.25. The van der Waals surface area contributed by atoms with Gasteiger partial charge in [-0.05, 0) is 91.9 Å². The fourth-order valence-electron chi connectivity index (χ4n) is 7.23. The predicted molar refractivity (Wildman–Crippen MR) is 140 cm³/mol. The monoisotopic (exact) mass is 514 g/mol. The Kier molecular flexibility index (Phi) is 8.51. The normalized spacial score (nSPS) is 29.8. The molecule has 4 bridgehead atoms. The number of rotatable bonds is 12. The van der Waals surface area contributed by atoms with E-state index in [-0.39, 0.29) is 17.6 Å². The van der Waals surface area contributed by atoms with Crippen LogP contribution in [0.25, 0.3) is 5.57 Å². The van der Waals surface area contributed by atoms with Gasteiger partial charge in [-0.1, -0.05) is 6.07 Å². The van der Waals surface area contributed by atoms with Crippen molar-refractivity contribution in [3.05, 3.63) is 34.9 Å². The standard InChI is InChI=1S/C29H42N2O6/c1-30(2)9-11-37-29(33)27-22-5-4-21(32)16-24(22)23-6-8-31-17-19-14-20(28(31)25(15-19)26(23)27)7-10-35-18-36-13-12-34-3/h4-5,16,19-20,25,27-28,32H,6-15,17-18H2,1-3H3. The van der Waals surface area contributed by atoms with Crippen LogP contribution in [0.3, 0.4) is 0 Å². The van der Waals surface area contributed by atoms with E-state index in [0.717, 1.165) is 43.5 Å². The van der Waals surface area contributed by atoms with Crippen LogP contribution in [0.15, 0.2) is 23.8 Å². The Hall–Kier alpha value is -1.97. The number of esters is 1. The molecule has 1 saturated carbocycles. The van der Waals surface area contributed by atoms with Crippen LogP contribution in [-0.4, -0.2) is 101 Å². The van der Waals surface area contributed by atoms with Crippen molar-refractivity contribution < 1.29 is 28.8 Å². The van der Waals surface area contributed by atoms with Crippen LogP contribution in [0, 0.1) is 17.8 Å². The molecule has 3 aliphatic heterocycles. The number of carbonyl (C=O) groups excluding carboxylic acids is 1. The summed E-state index contributed by atoms with van der Waals surface area (Å²) in [4.78, 5) is 18.3. The minimum Gasteiger partial charge on any atom is -0.508 e. The highest BCUT2D eigenvalue weighted by molar-refractivity contribution is 5.93. The number of ether oxygens (including phenoxy) is 4. The van der Waals surface area contributed by atoms with Crippen molar-refractivity contribution in [1.29, 1.82) is 0 Å². The van der Waals surface area contributed by atoms with Crippen molar-refractivity contribution in [1.82, 2.24) is 9.80 Å². The lowest BCUT2D eigenvalue weighted by Crippen LogP contribution is -2.58. The van der Waals surface area contributed by atoms with E-state index >= 15 is 0 Å². The minimum atomic E-state index is -0.372. The second-order valence-electron chi connectivity index (χ2n) is 11.3. The van der Waals surface area contributed by atoms with Crippen molar-refractivity contribution in [3.8, 4) is 5.75 Å². The fraction of sp³-hybridized carbons (Fsp3) is 0.690. The Morgan fingerprint density at radius 3 is 2.78 bits per heavy atom. The molecule has 0 aromatic heterocycles. The molecule has 0 radical (unpaired) electrons. The van der Waals surface area contributed by atoms with Gasteiger partial charge >= 0.3 is 5.97 Å². The van der Waals surface area contributed by atoms with Crippen LogP contribution < -0.4 is 0 Å². The summed E-state index contributed by atoms with van der Waals surface area (Å²) in [6.45, 7) is 5.31. The lowest BCUT2D eigenvalue weighted by molar-refractivity contribution is -0.145. The highest BCUT2D eigenvalue weighted by Crippen LogP contribution is 2.57. The molecule has 6 unspecified atom stereocenters. The van der Waals surface area contributed by atoms with Crippen molar-refractivity contribution in [2.24, 2.45) is 17.8 Å². The SMILES string of the molecule is COCCOCOCCC1CC2CC3C4=C(CCN(C2)C13)c1cc(O)ccc1C4C(=O)OCCN(C)C. The number of nitrogens with zero attached hydrogens (tertiary/aromatic N) is 2. The summed E-state index contributed by atoms with van der Waals surface area (Å²) in [6, 6.07) is 5.91. The van der Waals surface area contributed by atoms with Gasteiger partial charge in [0.15, 0.2) is 0 Å². The molecule has 8 nitrogen and oxygen atoms in total. The minimum absolute atomic E-state index is 0.151. The maximum atomic E-state index is 13.6. The Morgan fingerprint density at radius 1 is 1.14 bits per heavy atom. The summed E-state index contributed by atoms with van der Waals surface area (Å²) in [5, 5.41) is 10.3. The molecule has 5 aliphatic rings. The number of carbonyl (C=O) groups is 1. The fourth-order valence-corrected chi connectivity index (χ4v) is 7.23. The molecule has 1 aromatic rings. The summed E-state index contributed by atoms with van der Waals surface area (Å²) in [5.41, 5.74) is 4.58. The smallest absolute Gasteiger partial charge is 0.317 e. The molecule has 2 aliphatic carbocycles. The maximum absolute atomic E-state index is 13.6. The zero-order chi connectivity index (χ0) is 25.9. The number of benzene rings is 1. The number of likely N-dealkylation sites (N-methyl/N-ethyl adjacent to an activating group) is 1. The van der Waals surface area contributed by atoms with Gasteiger partial charge in [-0.3, -0.25) is 9.69 Å². The molecule has 0 spiro atoms. The molecule has 8 heteroatoms. The second kappa shape index (κ2) is 11.8. The van der Waals surface area contributed by atoms with Crippen LogP contribution >= 0.6 is 0 Å². The van der Waals surface area contributed by atoms with E-state index in [1.54, 1.807) is 13.2 Å². The Morgan fingerprint density at radius 2 is 1.97 bits per heavy atom. The molecule has 6 atom stereocenters. The third-order valence-corrected chi connectivity index (χ3v) is 8.66. The van der Waals surface area contributed by atoms with Gasteiger partial charge in [0.05, 0.1) is 13.2 Å². The van der Waals surface area contributed by atoms with Crippen molar-refractivity contribution in [2.45, 2.75) is 37.6 Å². The molecule has 6 rings (SSSR count). The number of phenols is 1. The number of methoxy groups -OCH3 is 1. The number of fused-ring (bicyclic) bond motifs is 3. The van der Waals surface area contributed by atoms with Crippen molar-refractivity contribution in [2.75, 3.05) is 74.1 Å². The van der Waals surface area contributed by atoms with Crippen LogP contribution in [0.4, 0.5) is 0 Å². The van der Waals surface area contributed by atoms with E-state index in [1.165, 1.54) is 17.6 Å². The summed E-state index contributed by atoms with van der Waals surface area (Å²) < 4.78 is 22.1. The lowest BCUT2D eigenvalue weighted by atomic mass is 9.62. The van der Waals surface area contributed by atoms with Gasteiger partial charge in [0.1, 0.15) is 25.1 Å². The van der Waals surface area contributed by atoms with Gasteiger partial charge in [0.2, 0.25) is 0 Å². The number of aromatic hydroxyl groups is 1. The first kappa shape index (κ1) is 26.6. The molecule has 3 fully saturated rings. The first-order valence-corrected chi connectivity index (χ1v) is 13.7. The van der Waals surface area contributed by atoms with Gasteiger partial charge in [-0.2, -0.15) is 0 Å². The average Bonchev–Trinajstić information content (AvgIpc) is 3.14. The van der Waals surface area contributed by atoms with E-state index in [1.807, 2.05) is 31.1 Å². The molecule has 1 aromatic carbocycles. The maximum Gasteiger partial charge on any atom is 0.317 e. The van der Waals surface area contributed by atoms with E-state index in [2.05, 4.69) is 4.90 Å². The number of hydrogen-bond donors (Lipinski definition) is 1. The molecular formula is C29H42N2O6. The summed E-state index contributed by atoms with van der Waals surface area (Å²) in [5.74, 6) is 1.22. The van der Waals surface area contributed by atoms with Crippen molar-refractivity contribution >= 4 is 11.5 Å². The Balaban J connectivity index is 1.36. The topological polar surface area (TPSA) is 80.7 Å². The van der Waals surface area contributed by atoms with Crippen LogP contribution in [0.1, 0.15) is 42.7 Å². The van der Waals surface area contributed by atoms with E-state index < -0.39 is 0 Å². The van der Waals surface area contributed by atoms with Crippen LogP contribution in [0.2, 0.25) is 0 Å². The molecule has 3 heterocycles.